The number of carboxylic acids is 1. The Morgan fingerprint density at radius 2 is 1.11 bits per heavy atom. The van der Waals surface area contributed by atoms with E-state index in [9.17, 15) is 50.4 Å². The summed E-state index contributed by atoms with van der Waals surface area (Å²) in [4.78, 5) is 110. The molecular weight excluding hydrogens is 1350 g/mol. The van der Waals surface area contributed by atoms with Crippen LogP contribution in [-0.4, -0.2) is 137 Å². The van der Waals surface area contributed by atoms with E-state index < -0.39 is 147 Å². The Labute approximate surface area is 587 Å². The van der Waals surface area contributed by atoms with E-state index in [0.717, 1.165) is 80.8 Å². The van der Waals surface area contributed by atoms with E-state index in [1.165, 1.54) is 79.9 Å². The Bertz CT molecular complexity index is 4460. The summed E-state index contributed by atoms with van der Waals surface area (Å²) in [6.45, 7) is 5.30. The van der Waals surface area contributed by atoms with E-state index >= 15 is 24.0 Å². The fourth-order valence-corrected chi connectivity index (χ4v) is 13.6. The fourth-order valence-electron chi connectivity index (χ4n) is 13.1. The number of benzene rings is 7. The number of unbranched alkanes of at least 4 members (excludes halogenated alkanes) is 6. The number of carbonyl (C=O) groups excluding carboxylic acids is 6. The van der Waals surface area contributed by atoms with Gasteiger partial charge in [-0.05, 0) is 125 Å². The van der Waals surface area contributed by atoms with Gasteiger partial charge in [-0.3, -0.25) is 33.7 Å². The summed E-state index contributed by atoms with van der Waals surface area (Å²) in [6.07, 6.45) is 5.55. The van der Waals surface area contributed by atoms with Crippen molar-refractivity contribution in [3.63, 3.8) is 0 Å². The number of fused-ring (bicyclic) bond motifs is 14. The maximum atomic E-state index is 16.0. The number of aliphatic carboxylic acids is 1. The molecule has 0 saturated carbocycles. The standard InChI is InChI=1S/C72H73Cl2N9O18/c1-2-3-4-5-6-7-8-17-82-18-20-83(21-19-82)33-44-50(87)32-43-56(64(44)89)42-26-36(11-13-48(42)85)58-68(93)81-62(71(96)80-61(43)72(97)98)63(88)37-12-16-52(46(74)27-37)101-55-30-39-29-54(65(55)90)100-51-15-9-34(22-45(51)73)23-47-66(91)77-59(69(94)79-60(39)70(95)78-58)38-24-40(84)31-41(25-38)99-53-28-35(10-14-49(53)86)57(75)67(92)76-47/h9-16,22,24-32,47,57-63,84-90H,2-8,17-21,23,33,75H2,1H3,(H,76,92)(H,77,91)(H,78,95)(H,79,94)(H,80,96)(H,81,93)(H,97,98)/t47-,57-,58-,59+,60-,61+,62+,63-/m1/s1. The minimum atomic E-state index is -2.21. The minimum Gasteiger partial charge on any atom is -0.508 e. The highest BCUT2D eigenvalue weighted by Gasteiger charge is 2.42. The Hall–Kier alpha value is -10.6. The monoisotopic (exact) mass is 1420 g/mol. The molecule has 6 amide bonds. The number of phenols is 6. The highest BCUT2D eigenvalue weighted by molar-refractivity contribution is 6.32. The zero-order valence-electron chi connectivity index (χ0n) is 54.3. The van der Waals surface area contributed by atoms with Crippen molar-refractivity contribution in [3.05, 3.63) is 164 Å². The van der Waals surface area contributed by atoms with Gasteiger partial charge in [-0.25, -0.2) is 4.79 Å². The zero-order valence-corrected chi connectivity index (χ0v) is 55.8. The fraction of sp³-hybridized carbons (Fsp3) is 0.319. The molecule has 17 bridgehead atoms. The van der Waals surface area contributed by atoms with Crippen molar-refractivity contribution < 1.29 is 88.6 Å². The molecule has 7 aromatic rings. The second-order valence-electron chi connectivity index (χ2n) is 25.6. The summed E-state index contributed by atoms with van der Waals surface area (Å²) in [5.74, 6) is -14.6. The number of piperazine rings is 1. The first-order chi connectivity index (χ1) is 48.4. The molecule has 0 radical (unpaired) electrons. The summed E-state index contributed by atoms with van der Waals surface area (Å²) in [5.41, 5.74) is 4.53. The van der Waals surface area contributed by atoms with E-state index in [4.69, 9.17) is 43.1 Å². The van der Waals surface area contributed by atoms with Crippen LogP contribution in [0, 0.1) is 0 Å². The van der Waals surface area contributed by atoms with Crippen molar-refractivity contribution in [2.24, 2.45) is 5.73 Å². The molecule has 1 saturated heterocycles. The van der Waals surface area contributed by atoms with Crippen LogP contribution in [0.3, 0.4) is 0 Å². The molecular formula is C72H73Cl2N9O18. The van der Waals surface area contributed by atoms with Crippen LogP contribution in [0.1, 0.15) is 133 Å². The maximum absolute atomic E-state index is 16.0. The molecule has 0 unspecified atom stereocenters. The van der Waals surface area contributed by atoms with Crippen LogP contribution in [0.25, 0.3) is 11.1 Å². The molecule has 7 aliphatic rings. The Morgan fingerprint density at radius 1 is 0.525 bits per heavy atom. The van der Waals surface area contributed by atoms with Gasteiger partial charge in [0.25, 0.3) is 0 Å². The number of ether oxygens (including phenoxy) is 3. The number of carboxylic acid groups (broad SMARTS) is 1. The molecule has 8 atom stereocenters. The summed E-state index contributed by atoms with van der Waals surface area (Å²) in [6, 6.07) is 7.80. The topological polar surface area (TPSA) is 414 Å². The second-order valence-corrected chi connectivity index (χ2v) is 26.4. The van der Waals surface area contributed by atoms with Gasteiger partial charge in [-0.1, -0.05) is 92.9 Å². The highest BCUT2D eigenvalue weighted by Crippen LogP contribution is 2.50. The number of halogens is 2. The molecule has 7 aromatic carbocycles. The quantitative estimate of drug-likeness (QED) is 0.0548. The van der Waals surface area contributed by atoms with Gasteiger partial charge in [-0.2, -0.15) is 0 Å². The lowest BCUT2D eigenvalue weighted by molar-refractivity contribution is -0.143. The number of aliphatic hydroxyl groups excluding tert-OH is 1. The minimum absolute atomic E-state index is 0.0869. The first kappa shape index (κ1) is 70.3. The van der Waals surface area contributed by atoms with Crippen LogP contribution in [0.15, 0.2) is 109 Å². The van der Waals surface area contributed by atoms with E-state index in [0.29, 0.717) is 31.7 Å². The van der Waals surface area contributed by atoms with Crippen molar-refractivity contribution >= 4 is 64.6 Å². The van der Waals surface area contributed by atoms with Crippen molar-refractivity contribution in [3.8, 4) is 80.1 Å². The normalized spacial score (nSPS) is 21.8. The summed E-state index contributed by atoms with van der Waals surface area (Å²) >= 11 is 13.8. The number of aromatic hydroxyl groups is 6. The molecule has 101 heavy (non-hydrogen) atoms. The number of aliphatic hydroxyl groups is 1. The largest absolute Gasteiger partial charge is 0.508 e. The molecule has 7 aliphatic heterocycles. The van der Waals surface area contributed by atoms with Gasteiger partial charge >= 0.3 is 5.97 Å². The Kier molecular flexibility index (Phi) is 20.7. The molecule has 27 nitrogen and oxygen atoms in total. The highest BCUT2D eigenvalue weighted by atomic mass is 35.5. The molecule has 14 rings (SSSR count). The number of hydrogen-bond donors (Lipinski definition) is 15. The number of phenolic OH excluding ortho intramolecular Hbond substituents is 6. The average Bonchev–Trinajstić information content (AvgIpc) is 0.755. The van der Waals surface area contributed by atoms with E-state index in [1.807, 2.05) is 4.90 Å². The summed E-state index contributed by atoms with van der Waals surface area (Å²) < 4.78 is 18.6. The SMILES string of the molecule is CCCCCCCCCN1CCN(Cc2c(O)cc3c(c2O)-c2cc(ccc2O)[C@H]2NC(=O)[C@@H]4NC(=O)[C@H]5NC(=O)[C@@H](Cc6ccc(c(Cl)c6)Oc6cc4cc(c6O)Oc4ccc(cc4Cl)[C@@H](O)[C@H](NC2=O)C(=O)N[C@@H]3C(=O)O)NC(=O)[C@H](N)c2ccc(O)c(c2)Oc2cc(O)cc5c2)CC1. The number of carbonyl (C=O) groups is 7. The second kappa shape index (κ2) is 29.7. The zero-order chi connectivity index (χ0) is 71.7. The molecule has 528 valence electrons. The molecule has 0 aromatic heterocycles. The van der Waals surface area contributed by atoms with Crippen molar-refractivity contribution in [2.75, 3.05) is 32.7 Å². The number of amides is 6. The lowest BCUT2D eigenvalue weighted by atomic mass is 9.88. The lowest BCUT2D eigenvalue weighted by Gasteiger charge is -2.35. The van der Waals surface area contributed by atoms with Gasteiger partial charge in [-0.15, -0.1) is 0 Å². The van der Waals surface area contributed by atoms with E-state index in [-0.39, 0.29) is 85.0 Å². The molecule has 29 heteroatoms. The van der Waals surface area contributed by atoms with Gasteiger partial charge in [0.05, 0.1) is 15.6 Å². The third kappa shape index (κ3) is 15.2. The number of hydrogen-bond acceptors (Lipinski definition) is 20. The number of nitrogens with one attached hydrogen (secondary N) is 6. The molecule has 7 heterocycles. The average molecular weight is 1420 g/mol. The van der Waals surface area contributed by atoms with Gasteiger partial charge in [0.2, 0.25) is 41.2 Å². The first-order valence-corrected chi connectivity index (χ1v) is 33.6. The lowest BCUT2D eigenvalue weighted by Crippen LogP contribution is -2.55. The van der Waals surface area contributed by atoms with Gasteiger partial charge < -0.3 is 97.6 Å². The summed E-state index contributed by atoms with van der Waals surface area (Å²) in [7, 11) is 0. The number of nitrogens with two attached hydrogens (primary N) is 1. The molecule has 0 aliphatic carbocycles. The third-order valence-electron chi connectivity index (χ3n) is 18.6. The smallest absolute Gasteiger partial charge is 0.330 e. The van der Waals surface area contributed by atoms with Gasteiger partial charge in [0, 0.05) is 61.9 Å². The van der Waals surface area contributed by atoms with Crippen LogP contribution < -0.4 is 51.8 Å². The van der Waals surface area contributed by atoms with E-state index in [1.54, 1.807) is 0 Å². The Balaban J connectivity index is 1.01. The van der Waals surface area contributed by atoms with Gasteiger partial charge in [0.1, 0.15) is 82.6 Å². The summed E-state index contributed by atoms with van der Waals surface area (Å²) in [5, 5.41) is 109. The van der Waals surface area contributed by atoms with E-state index in [2.05, 4.69) is 43.7 Å². The van der Waals surface area contributed by atoms with Crippen molar-refractivity contribution in [2.45, 2.75) is 113 Å². The van der Waals surface area contributed by atoms with Crippen molar-refractivity contribution in [1.82, 2.24) is 41.7 Å². The van der Waals surface area contributed by atoms with Crippen LogP contribution in [0.4, 0.5) is 0 Å². The Morgan fingerprint density at radius 3 is 1.78 bits per heavy atom. The molecule has 1 fully saturated rings. The van der Waals surface area contributed by atoms with Gasteiger partial charge in [0.15, 0.2) is 29.0 Å². The predicted octanol–water partition coefficient (Wildman–Crippen LogP) is 7.85. The number of nitrogens with zero attached hydrogens (tertiary/aromatic N) is 2. The number of rotatable bonds is 11. The van der Waals surface area contributed by atoms with Crippen LogP contribution in [-0.2, 0) is 46.5 Å². The molecule has 0 spiro atoms. The maximum Gasteiger partial charge on any atom is 0.330 e. The molecule has 16 N–H and O–H groups in total. The van der Waals surface area contributed by atoms with Crippen LogP contribution >= 0.6 is 23.2 Å². The van der Waals surface area contributed by atoms with Crippen molar-refractivity contribution in [1.29, 1.82) is 0 Å². The van der Waals surface area contributed by atoms with Crippen LogP contribution in [0.2, 0.25) is 10.0 Å². The third-order valence-corrected chi connectivity index (χ3v) is 19.2. The first-order valence-electron chi connectivity index (χ1n) is 32.9. The predicted molar refractivity (Wildman–Crippen MR) is 365 cm³/mol. The van der Waals surface area contributed by atoms with Crippen LogP contribution in [0.5, 0.6) is 69.0 Å².